The summed E-state index contributed by atoms with van der Waals surface area (Å²) >= 11 is 1.83. The van der Waals surface area contributed by atoms with Crippen LogP contribution in [-0.2, 0) is 6.54 Å². The van der Waals surface area contributed by atoms with Crippen LogP contribution in [0.5, 0.6) is 0 Å². The van der Waals surface area contributed by atoms with E-state index in [1.165, 1.54) is 11.4 Å². The topological polar surface area (TPSA) is 3.24 Å². The number of benzene rings is 1. The Hall–Kier alpha value is 0.610. The molecule has 0 atom stereocenters. The van der Waals surface area contributed by atoms with Crippen molar-refractivity contribution in [1.82, 2.24) is 3.15 Å². The van der Waals surface area contributed by atoms with Crippen molar-refractivity contribution in [1.29, 1.82) is 0 Å². The molecular weight excluding hydrogens is 317 g/mol. The molecule has 0 saturated heterocycles. The van der Waals surface area contributed by atoms with Crippen LogP contribution in [-0.4, -0.2) is 37.6 Å². The zero-order chi connectivity index (χ0) is 8.55. The minimum absolute atomic E-state index is 0. The fraction of sp³-hybridized carbons (Fsp3) is 0.333. The summed E-state index contributed by atoms with van der Waals surface area (Å²) in [5.41, 5.74) is 1.56. The van der Waals surface area contributed by atoms with Gasteiger partial charge in [-0.2, -0.15) is 0 Å². The number of hydrogen-bond acceptors (Lipinski definition) is 2. The molecule has 1 aliphatic rings. The Bertz CT molecular complexity index is 306. The van der Waals surface area contributed by atoms with Gasteiger partial charge in [0.05, 0.1) is 0 Å². The van der Waals surface area contributed by atoms with Gasteiger partial charge in [-0.1, -0.05) is 0 Å². The van der Waals surface area contributed by atoms with Crippen LogP contribution in [0.25, 0.3) is 0 Å². The molecule has 0 aromatic heterocycles. The van der Waals surface area contributed by atoms with Crippen LogP contribution in [0.1, 0.15) is 5.56 Å². The quantitative estimate of drug-likeness (QED) is 0.568. The maximum Gasteiger partial charge on any atom is -0.147 e. The largest absolute Gasteiger partial charge is 0.147 e. The van der Waals surface area contributed by atoms with Gasteiger partial charge in [0, 0.05) is 0 Å². The normalized spacial score (nSPS) is 15.2. The number of rotatable bonds is 1. The molecule has 13 heavy (non-hydrogen) atoms. The van der Waals surface area contributed by atoms with E-state index in [-0.39, 0.29) is 33.6 Å². The standard InChI is InChI=1S/C9H11NSTe.ClH/c1-10-6-7-5-8(11-2)3-4-9(7)12-10;/h3-5H,6H2,1-2H3;1H. The van der Waals surface area contributed by atoms with Crippen LogP contribution >= 0.6 is 24.2 Å². The minimum atomic E-state index is -0.00689. The molecule has 0 N–H and O–H groups in total. The molecule has 1 aromatic carbocycles. The Kier molecular flexibility index (Phi) is 4.41. The SMILES string of the molecule is CSc1ccc2c(c1)CN(C)[Te]2.Cl. The zero-order valence-corrected chi connectivity index (χ0v) is 11.6. The fourth-order valence-corrected chi connectivity index (χ4v) is 4.39. The molecule has 0 fully saturated rings. The van der Waals surface area contributed by atoms with E-state index in [0.29, 0.717) is 0 Å². The van der Waals surface area contributed by atoms with Gasteiger partial charge in [-0.25, -0.2) is 0 Å². The third-order valence-corrected chi connectivity index (χ3v) is 5.60. The van der Waals surface area contributed by atoms with Gasteiger partial charge in [0.15, 0.2) is 0 Å². The molecule has 0 saturated carbocycles. The molecule has 2 rings (SSSR count). The predicted molar refractivity (Wildman–Crippen MR) is 62.3 cm³/mol. The van der Waals surface area contributed by atoms with Crippen LogP contribution in [0.4, 0.5) is 0 Å². The van der Waals surface area contributed by atoms with Crippen LogP contribution in [0.2, 0.25) is 0 Å². The van der Waals surface area contributed by atoms with Crippen LogP contribution in [0.3, 0.4) is 0 Å². The van der Waals surface area contributed by atoms with Crippen molar-refractivity contribution in [3.05, 3.63) is 23.8 Å². The minimum Gasteiger partial charge on any atom is -0.147 e. The summed E-state index contributed by atoms with van der Waals surface area (Å²) in [7, 11) is 2.22. The second-order valence-corrected chi connectivity index (χ2v) is 7.29. The number of thioether (sulfide) groups is 1. The zero-order valence-electron chi connectivity index (χ0n) is 7.61. The van der Waals surface area contributed by atoms with Crippen molar-refractivity contribution in [2.45, 2.75) is 11.4 Å². The van der Waals surface area contributed by atoms with Gasteiger partial charge >= 0.3 is 88.2 Å². The summed E-state index contributed by atoms with van der Waals surface area (Å²) in [6.07, 6.45) is 2.14. The Labute approximate surface area is 100 Å². The maximum absolute atomic E-state index is 2.47. The van der Waals surface area contributed by atoms with Crippen LogP contribution in [0, 0.1) is 0 Å². The predicted octanol–water partition coefficient (Wildman–Crippen LogP) is 1.52. The third-order valence-electron chi connectivity index (χ3n) is 1.91. The summed E-state index contributed by atoms with van der Waals surface area (Å²) in [6.45, 7) is 1.17. The van der Waals surface area contributed by atoms with Crippen molar-refractivity contribution in [3.8, 4) is 0 Å². The molecule has 0 spiro atoms. The third kappa shape index (κ3) is 2.55. The molecular formula is C9H12ClNSTe. The van der Waals surface area contributed by atoms with Gasteiger partial charge in [0.1, 0.15) is 0 Å². The Morgan fingerprint density at radius 2 is 2.23 bits per heavy atom. The van der Waals surface area contributed by atoms with Gasteiger partial charge in [-0.3, -0.25) is 0 Å². The van der Waals surface area contributed by atoms with E-state index in [1.807, 2.05) is 11.8 Å². The number of hydrogen-bond donors (Lipinski definition) is 0. The van der Waals surface area contributed by atoms with Crippen molar-refractivity contribution in [3.63, 3.8) is 0 Å². The van der Waals surface area contributed by atoms with Gasteiger partial charge in [-0.05, 0) is 0 Å². The molecule has 1 aliphatic heterocycles. The number of fused-ring (bicyclic) bond motifs is 1. The van der Waals surface area contributed by atoms with Gasteiger partial charge in [0.25, 0.3) is 0 Å². The van der Waals surface area contributed by atoms with Crippen LogP contribution in [0.15, 0.2) is 23.1 Å². The smallest absolute Gasteiger partial charge is 0.147 e. The summed E-state index contributed by atoms with van der Waals surface area (Å²) in [6, 6.07) is 6.90. The fourth-order valence-electron chi connectivity index (χ4n) is 1.34. The summed E-state index contributed by atoms with van der Waals surface area (Å²) < 4.78 is 4.10. The molecule has 1 nitrogen and oxygen atoms in total. The van der Waals surface area contributed by atoms with E-state index < -0.39 is 0 Å². The molecule has 0 bridgehead atoms. The number of halogens is 1. The van der Waals surface area contributed by atoms with Crippen molar-refractivity contribution in [2.75, 3.05) is 13.3 Å². The van der Waals surface area contributed by atoms with E-state index >= 15 is 0 Å². The first kappa shape index (κ1) is 11.7. The molecule has 0 unspecified atom stereocenters. The monoisotopic (exact) mass is 331 g/mol. The first-order chi connectivity index (χ1) is 5.79. The maximum atomic E-state index is 2.47. The van der Waals surface area contributed by atoms with E-state index in [9.17, 15) is 0 Å². The van der Waals surface area contributed by atoms with Gasteiger partial charge in [-0.15, -0.1) is 12.4 Å². The molecule has 1 heterocycles. The Morgan fingerprint density at radius 1 is 1.46 bits per heavy atom. The second-order valence-electron chi connectivity index (χ2n) is 2.85. The molecule has 4 heteroatoms. The number of nitrogens with zero attached hydrogens (tertiary/aromatic N) is 1. The van der Waals surface area contributed by atoms with E-state index in [1.54, 1.807) is 9.17 Å². The van der Waals surface area contributed by atoms with Gasteiger partial charge < -0.3 is 0 Å². The van der Waals surface area contributed by atoms with E-state index in [4.69, 9.17) is 0 Å². The molecule has 0 aliphatic carbocycles. The summed E-state index contributed by atoms with van der Waals surface area (Å²) in [4.78, 5) is 1.40. The van der Waals surface area contributed by atoms with Crippen molar-refractivity contribution < 1.29 is 0 Å². The van der Waals surface area contributed by atoms with Crippen LogP contribution < -0.4 is 3.61 Å². The van der Waals surface area contributed by atoms with E-state index in [2.05, 4.69) is 34.7 Å². The summed E-state index contributed by atoms with van der Waals surface area (Å²) in [5, 5.41) is 0. The van der Waals surface area contributed by atoms with Crippen molar-refractivity contribution in [2.24, 2.45) is 0 Å². The first-order valence-electron chi connectivity index (χ1n) is 3.85. The molecule has 0 amide bonds. The average Bonchev–Trinajstić information content (AvgIpc) is 2.43. The summed E-state index contributed by atoms with van der Waals surface area (Å²) in [5.74, 6) is 0. The van der Waals surface area contributed by atoms with Gasteiger partial charge in [0.2, 0.25) is 0 Å². The molecule has 1 aromatic rings. The Balaban J connectivity index is 0.000000845. The average molecular weight is 329 g/mol. The van der Waals surface area contributed by atoms with E-state index in [0.717, 1.165) is 0 Å². The molecule has 0 radical (unpaired) electrons. The second kappa shape index (κ2) is 4.91. The molecule has 72 valence electrons. The first-order valence-corrected chi connectivity index (χ1v) is 7.29. The Morgan fingerprint density at radius 3 is 2.92 bits per heavy atom. The van der Waals surface area contributed by atoms with Crippen molar-refractivity contribution >= 4 is 49.0 Å².